The number of hydrogen-bond acceptors (Lipinski definition) is 5. The number of ether oxygens (including phenoxy) is 2. The second-order valence-corrected chi connectivity index (χ2v) is 5.68. The Morgan fingerprint density at radius 2 is 1.92 bits per heavy atom. The van der Waals surface area contributed by atoms with Gasteiger partial charge < -0.3 is 19.9 Å². The highest BCUT2D eigenvalue weighted by Crippen LogP contribution is 2.25. The maximum atomic E-state index is 8.64. The van der Waals surface area contributed by atoms with Gasteiger partial charge in [-0.2, -0.15) is 0 Å². The number of aliphatic hydroxyl groups is 1. The van der Waals surface area contributed by atoms with E-state index in [1.165, 1.54) is 5.56 Å². The summed E-state index contributed by atoms with van der Waals surface area (Å²) in [6.45, 7) is 7.20. The molecular formula is C19H26N2O3. The molecule has 1 aromatic heterocycles. The summed E-state index contributed by atoms with van der Waals surface area (Å²) in [4.78, 5) is 4.28. The van der Waals surface area contributed by atoms with Crippen molar-refractivity contribution in [1.29, 1.82) is 0 Å². The summed E-state index contributed by atoms with van der Waals surface area (Å²) < 4.78 is 11.2. The zero-order valence-electron chi connectivity index (χ0n) is 14.4. The van der Waals surface area contributed by atoms with Gasteiger partial charge in [-0.25, -0.2) is 0 Å². The topological polar surface area (TPSA) is 63.6 Å². The minimum atomic E-state index is 0.0678. The molecule has 1 aromatic carbocycles. The van der Waals surface area contributed by atoms with E-state index in [-0.39, 0.29) is 6.61 Å². The summed E-state index contributed by atoms with van der Waals surface area (Å²) >= 11 is 0. The van der Waals surface area contributed by atoms with E-state index in [1.807, 2.05) is 18.2 Å². The molecule has 0 atom stereocenters. The van der Waals surface area contributed by atoms with Crippen LogP contribution in [0.4, 0.5) is 0 Å². The molecule has 0 bridgehead atoms. The third-order valence-corrected chi connectivity index (χ3v) is 3.60. The number of nitrogens with zero attached hydrogens (tertiary/aromatic N) is 1. The van der Waals surface area contributed by atoms with Crippen LogP contribution in [-0.4, -0.2) is 36.5 Å². The summed E-state index contributed by atoms with van der Waals surface area (Å²) in [7, 11) is 0. The van der Waals surface area contributed by atoms with Crippen LogP contribution in [0.2, 0.25) is 0 Å². The lowest BCUT2D eigenvalue weighted by Crippen LogP contribution is -2.20. The molecule has 0 fully saturated rings. The highest BCUT2D eigenvalue weighted by atomic mass is 16.5. The van der Waals surface area contributed by atoms with Crippen LogP contribution in [0.1, 0.15) is 22.4 Å². The Hall–Kier alpha value is -1.95. The van der Waals surface area contributed by atoms with E-state index in [0.717, 1.165) is 35.7 Å². The van der Waals surface area contributed by atoms with E-state index < -0.39 is 0 Å². The van der Waals surface area contributed by atoms with E-state index >= 15 is 0 Å². The Balaban J connectivity index is 1.86. The molecule has 0 radical (unpaired) electrons. The van der Waals surface area contributed by atoms with Gasteiger partial charge in [-0.15, -0.1) is 0 Å². The lowest BCUT2D eigenvalue weighted by molar-refractivity contribution is 0.0938. The van der Waals surface area contributed by atoms with E-state index in [1.54, 1.807) is 6.20 Å². The predicted octanol–water partition coefficient (Wildman–Crippen LogP) is 2.38. The number of rotatable bonds is 10. The lowest BCUT2D eigenvalue weighted by atomic mass is 10.1. The minimum Gasteiger partial charge on any atom is -0.487 e. The highest BCUT2D eigenvalue weighted by molar-refractivity contribution is 5.43. The number of nitrogens with one attached hydrogen (secondary N) is 1. The van der Waals surface area contributed by atoms with Gasteiger partial charge in [0.05, 0.1) is 25.5 Å². The molecule has 5 heteroatoms. The monoisotopic (exact) mass is 330 g/mol. The quantitative estimate of drug-likeness (QED) is 0.655. The summed E-state index contributed by atoms with van der Waals surface area (Å²) in [5.74, 6) is 0.927. The molecule has 0 aliphatic carbocycles. The van der Waals surface area contributed by atoms with Crippen molar-refractivity contribution in [2.24, 2.45) is 0 Å². The molecule has 2 aromatic rings. The number of benzene rings is 1. The van der Waals surface area contributed by atoms with Gasteiger partial charge in [-0.3, -0.25) is 4.98 Å². The second-order valence-electron chi connectivity index (χ2n) is 5.68. The Kier molecular flexibility index (Phi) is 7.68. The molecule has 0 amide bonds. The number of aryl methyl sites for hydroxylation is 2. The van der Waals surface area contributed by atoms with Crippen molar-refractivity contribution in [3.05, 3.63) is 58.9 Å². The molecule has 2 rings (SSSR count). The van der Waals surface area contributed by atoms with Crippen molar-refractivity contribution in [2.75, 3.05) is 26.4 Å². The van der Waals surface area contributed by atoms with Gasteiger partial charge in [0.25, 0.3) is 0 Å². The molecule has 130 valence electrons. The molecule has 2 N–H and O–H groups in total. The fourth-order valence-electron chi connectivity index (χ4n) is 2.54. The Morgan fingerprint density at radius 1 is 1.12 bits per heavy atom. The van der Waals surface area contributed by atoms with Crippen molar-refractivity contribution in [1.82, 2.24) is 10.3 Å². The third-order valence-electron chi connectivity index (χ3n) is 3.60. The van der Waals surface area contributed by atoms with Crippen molar-refractivity contribution < 1.29 is 14.6 Å². The maximum Gasteiger partial charge on any atom is 0.130 e. The predicted molar refractivity (Wildman–Crippen MR) is 94.1 cm³/mol. The smallest absolute Gasteiger partial charge is 0.130 e. The average Bonchev–Trinajstić information content (AvgIpc) is 2.58. The fourth-order valence-corrected chi connectivity index (χ4v) is 2.54. The van der Waals surface area contributed by atoms with Gasteiger partial charge in [0.2, 0.25) is 0 Å². The largest absolute Gasteiger partial charge is 0.487 e. The van der Waals surface area contributed by atoms with Crippen LogP contribution < -0.4 is 10.1 Å². The number of pyridine rings is 1. The molecule has 0 aliphatic heterocycles. The third kappa shape index (κ3) is 5.92. The first kappa shape index (κ1) is 18.4. The molecule has 1 heterocycles. The summed E-state index contributed by atoms with van der Waals surface area (Å²) in [6.07, 6.45) is 1.78. The van der Waals surface area contributed by atoms with Crippen LogP contribution in [0.5, 0.6) is 5.75 Å². The van der Waals surface area contributed by atoms with Crippen LogP contribution in [0.15, 0.2) is 36.5 Å². The molecule has 24 heavy (non-hydrogen) atoms. The van der Waals surface area contributed by atoms with Gasteiger partial charge in [-0.1, -0.05) is 18.2 Å². The van der Waals surface area contributed by atoms with Crippen LogP contribution in [0.25, 0.3) is 0 Å². The molecule has 5 nitrogen and oxygen atoms in total. The minimum absolute atomic E-state index is 0.0678. The summed E-state index contributed by atoms with van der Waals surface area (Å²) in [6, 6.07) is 10.1. The molecule has 0 unspecified atom stereocenters. The molecule has 0 saturated heterocycles. The van der Waals surface area contributed by atoms with E-state index in [0.29, 0.717) is 19.8 Å². The lowest BCUT2D eigenvalue weighted by Gasteiger charge is -2.14. The SMILES string of the molecule is Cc1cc(CNCCOCCO)cc(C)c1OCc1ccccn1. The van der Waals surface area contributed by atoms with E-state index in [9.17, 15) is 0 Å². The highest BCUT2D eigenvalue weighted by Gasteiger charge is 2.07. The molecular weight excluding hydrogens is 304 g/mol. The zero-order valence-corrected chi connectivity index (χ0v) is 14.4. The zero-order chi connectivity index (χ0) is 17.2. The van der Waals surface area contributed by atoms with E-state index in [4.69, 9.17) is 14.6 Å². The van der Waals surface area contributed by atoms with Gasteiger partial charge >= 0.3 is 0 Å². The van der Waals surface area contributed by atoms with Gasteiger partial charge in [0, 0.05) is 19.3 Å². The maximum absolute atomic E-state index is 8.64. The normalized spacial score (nSPS) is 10.8. The Morgan fingerprint density at radius 3 is 2.58 bits per heavy atom. The number of hydrogen-bond donors (Lipinski definition) is 2. The molecule has 0 spiro atoms. The number of aromatic nitrogens is 1. The standard InChI is InChI=1S/C19H26N2O3/c1-15-11-17(13-20-7-9-23-10-8-22)12-16(2)19(15)24-14-18-5-3-4-6-21-18/h3-6,11-12,20,22H,7-10,13-14H2,1-2H3. The van der Waals surface area contributed by atoms with Crippen molar-refractivity contribution in [2.45, 2.75) is 27.0 Å². The van der Waals surface area contributed by atoms with Gasteiger partial charge in [0.1, 0.15) is 12.4 Å². The summed E-state index contributed by atoms with van der Waals surface area (Å²) in [5.41, 5.74) is 4.39. The molecule has 0 aliphatic rings. The Bertz CT molecular complexity index is 594. The van der Waals surface area contributed by atoms with Crippen molar-refractivity contribution in [3.63, 3.8) is 0 Å². The second kappa shape index (κ2) is 10.0. The Labute approximate surface area is 143 Å². The van der Waals surface area contributed by atoms with Crippen LogP contribution in [-0.2, 0) is 17.9 Å². The first-order chi connectivity index (χ1) is 11.7. The van der Waals surface area contributed by atoms with Crippen molar-refractivity contribution >= 4 is 0 Å². The van der Waals surface area contributed by atoms with Gasteiger partial charge in [0.15, 0.2) is 0 Å². The van der Waals surface area contributed by atoms with E-state index in [2.05, 4.69) is 36.3 Å². The average molecular weight is 330 g/mol. The summed E-state index contributed by atoms with van der Waals surface area (Å²) in [5, 5.41) is 12.0. The van der Waals surface area contributed by atoms with Crippen molar-refractivity contribution in [3.8, 4) is 5.75 Å². The first-order valence-electron chi connectivity index (χ1n) is 8.23. The van der Waals surface area contributed by atoms with Crippen LogP contribution in [0, 0.1) is 13.8 Å². The molecule has 0 saturated carbocycles. The van der Waals surface area contributed by atoms with Crippen LogP contribution in [0.3, 0.4) is 0 Å². The number of aliphatic hydroxyl groups excluding tert-OH is 1. The van der Waals surface area contributed by atoms with Gasteiger partial charge in [-0.05, 0) is 42.7 Å². The fraction of sp³-hybridized carbons (Fsp3) is 0.421. The first-order valence-corrected chi connectivity index (χ1v) is 8.23. The van der Waals surface area contributed by atoms with Crippen LogP contribution >= 0.6 is 0 Å².